The van der Waals surface area contributed by atoms with Crippen LogP contribution >= 0.6 is 0 Å². The Morgan fingerprint density at radius 2 is 1.68 bits per heavy atom. The van der Waals surface area contributed by atoms with Crippen molar-refractivity contribution >= 4 is 6.09 Å². The second kappa shape index (κ2) is 7.67. The van der Waals surface area contributed by atoms with Gasteiger partial charge in [0.1, 0.15) is 5.60 Å². The lowest BCUT2D eigenvalue weighted by Crippen LogP contribution is -2.55. The van der Waals surface area contributed by atoms with Gasteiger partial charge in [-0.15, -0.1) is 0 Å². The first-order chi connectivity index (χ1) is 10.4. The molecular formula is C18H34N2O2. The molecule has 0 aromatic heterocycles. The van der Waals surface area contributed by atoms with E-state index in [9.17, 15) is 4.79 Å². The molecule has 2 aliphatic carbocycles. The molecule has 2 fully saturated rings. The minimum absolute atomic E-state index is 0.281. The van der Waals surface area contributed by atoms with Gasteiger partial charge in [0.15, 0.2) is 0 Å². The lowest BCUT2D eigenvalue weighted by molar-refractivity contribution is 0.0460. The molecule has 2 saturated carbocycles. The fraction of sp³-hybridized carbons (Fsp3) is 0.944. The quantitative estimate of drug-likeness (QED) is 0.807. The molecule has 1 amide bonds. The minimum Gasteiger partial charge on any atom is -0.444 e. The fourth-order valence-corrected chi connectivity index (χ4v) is 3.71. The molecule has 4 nitrogen and oxygen atoms in total. The SMILES string of the molecule is CCCC1CCC(NC2CC(NC(=O)OC(C)(C)C)C2)CC1. The molecule has 0 aromatic carbocycles. The highest BCUT2D eigenvalue weighted by atomic mass is 16.6. The van der Waals surface area contributed by atoms with Crippen LogP contribution < -0.4 is 10.6 Å². The van der Waals surface area contributed by atoms with Gasteiger partial charge in [-0.05, 0) is 65.2 Å². The number of ether oxygens (including phenoxy) is 1. The van der Waals surface area contributed by atoms with Crippen LogP contribution in [0.2, 0.25) is 0 Å². The molecule has 2 rings (SSSR count). The number of alkyl carbamates (subject to hydrolysis) is 1. The largest absolute Gasteiger partial charge is 0.444 e. The first-order valence-electron chi connectivity index (χ1n) is 9.11. The number of hydrogen-bond acceptors (Lipinski definition) is 3. The van der Waals surface area contributed by atoms with Crippen LogP contribution in [0.3, 0.4) is 0 Å². The van der Waals surface area contributed by atoms with E-state index in [2.05, 4.69) is 17.6 Å². The Hall–Kier alpha value is -0.770. The van der Waals surface area contributed by atoms with Crippen molar-refractivity contribution in [1.82, 2.24) is 10.6 Å². The second-order valence-electron chi connectivity index (χ2n) is 8.18. The Bertz CT molecular complexity index is 351. The van der Waals surface area contributed by atoms with Crippen molar-refractivity contribution in [2.45, 2.75) is 103 Å². The summed E-state index contributed by atoms with van der Waals surface area (Å²) in [7, 11) is 0. The molecule has 0 radical (unpaired) electrons. The predicted molar refractivity (Wildman–Crippen MR) is 90.0 cm³/mol. The van der Waals surface area contributed by atoms with E-state index in [0.29, 0.717) is 12.1 Å². The van der Waals surface area contributed by atoms with Crippen molar-refractivity contribution in [3.63, 3.8) is 0 Å². The molecule has 0 atom stereocenters. The Kier molecular flexibility index (Phi) is 6.13. The average Bonchev–Trinajstić information content (AvgIpc) is 2.36. The van der Waals surface area contributed by atoms with Crippen LogP contribution in [0.5, 0.6) is 0 Å². The standard InChI is InChI=1S/C18H34N2O2/c1-5-6-13-7-9-14(10-8-13)19-15-11-16(12-15)20-17(21)22-18(2,3)4/h13-16,19H,5-12H2,1-4H3,(H,20,21). The van der Waals surface area contributed by atoms with Crippen LogP contribution in [0.1, 0.15) is 79.1 Å². The maximum Gasteiger partial charge on any atom is 0.407 e. The zero-order valence-corrected chi connectivity index (χ0v) is 14.8. The third-order valence-corrected chi connectivity index (χ3v) is 4.87. The van der Waals surface area contributed by atoms with Crippen LogP contribution in [0.4, 0.5) is 4.79 Å². The second-order valence-corrected chi connectivity index (χ2v) is 8.18. The highest BCUT2D eigenvalue weighted by Crippen LogP contribution is 2.30. The lowest BCUT2D eigenvalue weighted by atomic mass is 9.81. The summed E-state index contributed by atoms with van der Waals surface area (Å²) in [6.45, 7) is 7.97. The third-order valence-electron chi connectivity index (χ3n) is 4.87. The number of carbonyl (C=O) groups is 1. The van der Waals surface area contributed by atoms with Gasteiger partial charge in [0.05, 0.1) is 0 Å². The van der Waals surface area contributed by atoms with E-state index in [4.69, 9.17) is 4.74 Å². The van der Waals surface area contributed by atoms with Gasteiger partial charge in [-0.3, -0.25) is 0 Å². The van der Waals surface area contributed by atoms with E-state index in [1.165, 1.54) is 38.5 Å². The van der Waals surface area contributed by atoms with Gasteiger partial charge < -0.3 is 15.4 Å². The van der Waals surface area contributed by atoms with Crippen molar-refractivity contribution in [3.05, 3.63) is 0 Å². The van der Waals surface area contributed by atoms with E-state index in [1.807, 2.05) is 20.8 Å². The Morgan fingerprint density at radius 1 is 1.05 bits per heavy atom. The Balaban J connectivity index is 1.57. The van der Waals surface area contributed by atoms with Crippen molar-refractivity contribution < 1.29 is 9.53 Å². The van der Waals surface area contributed by atoms with E-state index in [1.54, 1.807) is 0 Å². The molecule has 0 spiro atoms. The lowest BCUT2D eigenvalue weighted by Gasteiger charge is -2.40. The molecular weight excluding hydrogens is 276 g/mol. The molecule has 0 bridgehead atoms. The smallest absolute Gasteiger partial charge is 0.407 e. The first kappa shape index (κ1) is 17.6. The van der Waals surface area contributed by atoms with Gasteiger partial charge in [0.2, 0.25) is 0 Å². The predicted octanol–water partition coefficient (Wildman–Crippen LogP) is 3.99. The molecule has 22 heavy (non-hydrogen) atoms. The molecule has 4 heteroatoms. The van der Waals surface area contributed by atoms with Crippen molar-refractivity contribution in [3.8, 4) is 0 Å². The summed E-state index contributed by atoms with van der Waals surface area (Å²) in [5.41, 5.74) is -0.414. The summed E-state index contributed by atoms with van der Waals surface area (Å²) in [5.74, 6) is 0.964. The highest BCUT2D eigenvalue weighted by molar-refractivity contribution is 5.68. The topological polar surface area (TPSA) is 50.4 Å². The molecule has 0 heterocycles. The molecule has 2 aliphatic rings. The summed E-state index contributed by atoms with van der Waals surface area (Å²) in [6.07, 6.45) is 9.94. The van der Waals surface area contributed by atoms with E-state index in [0.717, 1.165) is 18.8 Å². The van der Waals surface area contributed by atoms with Gasteiger partial charge in [-0.2, -0.15) is 0 Å². The van der Waals surface area contributed by atoms with E-state index < -0.39 is 5.60 Å². The van der Waals surface area contributed by atoms with Crippen LogP contribution in [0.25, 0.3) is 0 Å². The van der Waals surface area contributed by atoms with Gasteiger partial charge in [-0.25, -0.2) is 4.79 Å². The average molecular weight is 310 g/mol. The van der Waals surface area contributed by atoms with Crippen molar-refractivity contribution in [2.24, 2.45) is 5.92 Å². The zero-order valence-electron chi connectivity index (χ0n) is 14.8. The van der Waals surface area contributed by atoms with Gasteiger partial charge in [0, 0.05) is 18.1 Å². The van der Waals surface area contributed by atoms with Crippen molar-refractivity contribution in [1.29, 1.82) is 0 Å². The summed E-state index contributed by atoms with van der Waals surface area (Å²) in [5, 5.41) is 6.74. The molecule has 0 unspecified atom stereocenters. The summed E-state index contributed by atoms with van der Waals surface area (Å²) < 4.78 is 5.29. The number of carbonyl (C=O) groups excluding carboxylic acids is 1. The van der Waals surface area contributed by atoms with E-state index in [-0.39, 0.29) is 12.1 Å². The fourth-order valence-electron chi connectivity index (χ4n) is 3.71. The third kappa shape index (κ3) is 5.79. The number of rotatable bonds is 5. The normalized spacial score (nSPS) is 32.2. The summed E-state index contributed by atoms with van der Waals surface area (Å²) >= 11 is 0. The van der Waals surface area contributed by atoms with Crippen LogP contribution in [0, 0.1) is 5.92 Å². The Labute approximate surface area is 135 Å². The van der Waals surface area contributed by atoms with Gasteiger partial charge >= 0.3 is 6.09 Å². The summed E-state index contributed by atoms with van der Waals surface area (Å²) in [6, 6.07) is 1.55. The molecule has 128 valence electrons. The maximum absolute atomic E-state index is 11.7. The summed E-state index contributed by atoms with van der Waals surface area (Å²) in [4.78, 5) is 11.7. The Morgan fingerprint density at radius 3 is 2.23 bits per heavy atom. The zero-order chi connectivity index (χ0) is 16.2. The molecule has 0 aliphatic heterocycles. The van der Waals surface area contributed by atoms with E-state index >= 15 is 0 Å². The van der Waals surface area contributed by atoms with Gasteiger partial charge in [-0.1, -0.05) is 19.8 Å². The monoisotopic (exact) mass is 310 g/mol. The number of amides is 1. The highest BCUT2D eigenvalue weighted by Gasteiger charge is 2.33. The number of hydrogen-bond donors (Lipinski definition) is 2. The molecule has 0 aromatic rings. The minimum atomic E-state index is -0.414. The molecule has 0 saturated heterocycles. The van der Waals surface area contributed by atoms with Crippen LogP contribution in [0.15, 0.2) is 0 Å². The maximum atomic E-state index is 11.7. The van der Waals surface area contributed by atoms with Crippen molar-refractivity contribution in [2.75, 3.05) is 0 Å². The van der Waals surface area contributed by atoms with Gasteiger partial charge in [0.25, 0.3) is 0 Å². The number of nitrogens with one attached hydrogen (secondary N) is 2. The van der Waals surface area contributed by atoms with Crippen LogP contribution in [-0.2, 0) is 4.74 Å². The van der Waals surface area contributed by atoms with Crippen LogP contribution in [-0.4, -0.2) is 29.8 Å². The molecule has 2 N–H and O–H groups in total. The first-order valence-corrected chi connectivity index (χ1v) is 9.11.